The largest absolute Gasteiger partial charge is 0.489 e. The van der Waals surface area contributed by atoms with Gasteiger partial charge in [0.1, 0.15) is 12.4 Å². The Morgan fingerprint density at radius 1 is 1.14 bits per heavy atom. The van der Waals surface area contributed by atoms with Gasteiger partial charge in [-0.25, -0.2) is 0 Å². The number of aromatic nitrogens is 2. The van der Waals surface area contributed by atoms with E-state index < -0.39 is 0 Å². The minimum Gasteiger partial charge on any atom is -0.489 e. The topological polar surface area (TPSA) is 85.3 Å². The summed E-state index contributed by atoms with van der Waals surface area (Å²) in [5, 5.41) is 9.90. The van der Waals surface area contributed by atoms with E-state index in [1.807, 2.05) is 12.1 Å². The zero-order chi connectivity index (χ0) is 20.1. The van der Waals surface area contributed by atoms with E-state index in [1.165, 1.54) is 11.7 Å². The third-order valence-electron chi connectivity index (χ3n) is 3.91. The van der Waals surface area contributed by atoms with Gasteiger partial charge in [0.05, 0.1) is 5.69 Å². The number of aryl methyl sites for hydroxylation is 1. The number of nitrogens with one attached hydrogen (secondary N) is 2. The maximum atomic E-state index is 12.6. The van der Waals surface area contributed by atoms with Crippen LogP contribution in [0.5, 0.6) is 5.75 Å². The number of anilines is 1. The first-order valence-corrected chi connectivity index (χ1v) is 8.88. The number of hydrogen-bond donors (Lipinski definition) is 2. The van der Waals surface area contributed by atoms with Crippen LogP contribution in [0.15, 0.2) is 54.7 Å². The van der Waals surface area contributed by atoms with Crippen LogP contribution in [0, 0.1) is 0 Å². The lowest BCUT2D eigenvalue weighted by atomic mass is 10.1. The molecule has 2 N–H and O–H groups in total. The van der Waals surface area contributed by atoms with Crippen molar-refractivity contribution >= 4 is 29.1 Å². The molecule has 1 aromatic heterocycles. The Morgan fingerprint density at radius 3 is 2.68 bits per heavy atom. The Kier molecular flexibility index (Phi) is 5.96. The average Bonchev–Trinajstić information content (AvgIpc) is 3.06. The van der Waals surface area contributed by atoms with Crippen molar-refractivity contribution in [2.75, 3.05) is 12.4 Å². The summed E-state index contributed by atoms with van der Waals surface area (Å²) in [4.78, 5) is 24.5. The van der Waals surface area contributed by atoms with Crippen LogP contribution < -0.4 is 15.4 Å². The Morgan fingerprint density at radius 2 is 1.93 bits per heavy atom. The van der Waals surface area contributed by atoms with E-state index >= 15 is 0 Å². The highest BCUT2D eigenvalue weighted by Crippen LogP contribution is 2.19. The van der Waals surface area contributed by atoms with Gasteiger partial charge in [-0.15, -0.1) is 0 Å². The molecule has 1 heterocycles. The monoisotopic (exact) mass is 398 g/mol. The summed E-state index contributed by atoms with van der Waals surface area (Å²) in [6.45, 7) is 0.290. The Balaban J connectivity index is 1.71. The highest BCUT2D eigenvalue weighted by atomic mass is 35.5. The summed E-state index contributed by atoms with van der Waals surface area (Å²) >= 11 is 5.95. The van der Waals surface area contributed by atoms with Crippen molar-refractivity contribution in [2.24, 2.45) is 7.05 Å². The summed E-state index contributed by atoms with van der Waals surface area (Å²) in [5.41, 5.74) is 1.76. The normalized spacial score (nSPS) is 10.4. The predicted molar refractivity (Wildman–Crippen MR) is 107 cm³/mol. The first-order valence-electron chi connectivity index (χ1n) is 8.50. The van der Waals surface area contributed by atoms with Gasteiger partial charge in [0, 0.05) is 30.9 Å². The summed E-state index contributed by atoms with van der Waals surface area (Å²) in [6, 6.07) is 14.2. The highest BCUT2D eigenvalue weighted by Gasteiger charge is 2.17. The third kappa shape index (κ3) is 4.69. The molecule has 0 aliphatic heterocycles. The number of carbonyl (C=O) groups is 2. The van der Waals surface area contributed by atoms with E-state index in [4.69, 9.17) is 16.3 Å². The first kappa shape index (κ1) is 19.4. The summed E-state index contributed by atoms with van der Waals surface area (Å²) in [5.74, 6) is -0.0738. The summed E-state index contributed by atoms with van der Waals surface area (Å²) in [7, 11) is 3.18. The van der Waals surface area contributed by atoms with Crippen LogP contribution in [0.1, 0.15) is 26.4 Å². The van der Waals surface area contributed by atoms with Crippen LogP contribution in [0.4, 0.5) is 5.69 Å². The zero-order valence-corrected chi connectivity index (χ0v) is 16.2. The number of nitrogens with zero attached hydrogens (tertiary/aromatic N) is 2. The number of hydrogen-bond acceptors (Lipinski definition) is 4. The molecule has 3 rings (SSSR count). The van der Waals surface area contributed by atoms with Gasteiger partial charge in [0.15, 0.2) is 5.69 Å². The molecule has 3 aromatic rings. The number of rotatable bonds is 6. The molecule has 0 aliphatic carbocycles. The molecule has 28 heavy (non-hydrogen) atoms. The van der Waals surface area contributed by atoms with Crippen LogP contribution >= 0.6 is 11.6 Å². The molecule has 0 fully saturated rings. The third-order valence-corrected chi connectivity index (χ3v) is 4.14. The molecule has 144 valence electrons. The molecule has 0 saturated heterocycles. The van der Waals surface area contributed by atoms with Gasteiger partial charge in [-0.2, -0.15) is 5.10 Å². The Bertz CT molecular complexity index is 1020. The molecule has 8 heteroatoms. The summed E-state index contributed by atoms with van der Waals surface area (Å²) < 4.78 is 7.18. The lowest BCUT2D eigenvalue weighted by Gasteiger charge is -2.09. The van der Waals surface area contributed by atoms with Gasteiger partial charge in [-0.3, -0.25) is 14.3 Å². The second kappa shape index (κ2) is 8.58. The van der Waals surface area contributed by atoms with Crippen molar-refractivity contribution in [3.8, 4) is 5.75 Å². The smallest absolute Gasteiger partial charge is 0.273 e. The highest BCUT2D eigenvalue weighted by molar-refractivity contribution is 6.30. The second-order valence-electron chi connectivity index (χ2n) is 6.04. The molecule has 0 spiro atoms. The van der Waals surface area contributed by atoms with E-state index in [0.717, 1.165) is 5.56 Å². The zero-order valence-electron chi connectivity index (χ0n) is 15.4. The number of benzene rings is 2. The van der Waals surface area contributed by atoms with Gasteiger partial charge in [-0.05, 0) is 35.9 Å². The molecule has 0 saturated carbocycles. The van der Waals surface area contributed by atoms with Crippen LogP contribution in [0.2, 0.25) is 5.02 Å². The van der Waals surface area contributed by atoms with Crippen LogP contribution in [-0.4, -0.2) is 28.6 Å². The minimum atomic E-state index is -0.375. The number of ether oxygens (including phenoxy) is 1. The lowest BCUT2D eigenvalue weighted by molar-refractivity contribution is 0.0958. The molecule has 0 radical (unpaired) electrons. The molecule has 2 aromatic carbocycles. The van der Waals surface area contributed by atoms with Crippen molar-refractivity contribution in [3.05, 3.63) is 76.6 Å². The molecular formula is C20H19ClN4O3. The van der Waals surface area contributed by atoms with Crippen molar-refractivity contribution in [1.29, 1.82) is 0 Å². The Labute approximate surface area is 167 Å². The molecule has 2 amide bonds. The fraction of sp³-hybridized carbons (Fsp3) is 0.150. The van der Waals surface area contributed by atoms with Gasteiger partial charge < -0.3 is 15.4 Å². The molecular weight excluding hydrogens is 380 g/mol. The first-order chi connectivity index (χ1) is 13.5. The van der Waals surface area contributed by atoms with E-state index in [9.17, 15) is 9.59 Å². The van der Waals surface area contributed by atoms with Crippen molar-refractivity contribution < 1.29 is 14.3 Å². The van der Waals surface area contributed by atoms with Crippen molar-refractivity contribution in [1.82, 2.24) is 15.1 Å². The molecule has 0 atom stereocenters. The molecule has 0 bridgehead atoms. The van der Waals surface area contributed by atoms with Crippen LogP contribution in [-0.2, 0) is 13.7 Å². The SMILES string of the molecule is CNC(=O)c1nn(C)cc1NC(=O)c1cccc(COc2cccc(Cl)c2)c1. The van der Waals surface area contributed by atoms with E-state index in [2.05, 4.69) is 15.7 Å². The van der Waals surface area contributed by atoms with Gasteiger partial charge in [-0.1, -0.05) is 29.8 Å². The maximum Gasteiger partial charge on any atom is 0.273 e. The van der Waals surface area contributed by atoms with Crippen LogP contribution in [0.25, 0.3) is 0 Å². The van der Waals surface area contributed by atoms with Gasteiger partial charge in [0.25, 0.3) is 11.8 Å². The summed E-state index contributed by atoms with van der Waals surface area (Å²) in [6.07, 6.45) is 1.58. The maximum absolute atomic E-state index is 12.6. The fourth-order valence-corrected chi connectivity index (χ4v) is 2.77. The van der Waals surface area contributed by atoms with Crippen molar-refractivity contribution in [2.45, 2.75) is 6.61 Å². The molecule has 7 nitrogen and oxygen atoms in total. The number of amides is 2. The van der Waals surface area contributed by atoms with Crippen molar-refractivity contribution in [3.63, 3.8) is 0 Å². The second-order valence-corrected chi connectivity index (χ2v) is 6.48. The quantitative estimate of drug-likeness (QED) is 0.667. The Hall–Kier alpha value is -3.32. The molecule has 0 unspecified atom stereocenters. The fourth-order valence-electron chi connectivity index (χ4n) is 2.59. The van der Waals surface area contributed by atoms with Crippen LogP contribution in [0.3, 0.4) is 0 Å². The number of halogens is 1. The molecule has 0 aliphatic rings. The average molecular weight is 399 g/mol. The van der Waals surface area contributed by atoms with Gasteiger partial charge >= 0.3 is 0 Å². The predicted octanol–water partition coefficient (Wildman–Crippen LogP) is 3.26. The van der Waals surface area contributed by atoms with Gasteiger partial charge in [0.2, 0.25) is 0 Å². The van der Waals surface area contributed by atoms with E-state index in [1.54, 1.807) is 49.6 Å². The minimum absolute atomic E-state index is 0.152. The van der Waals surface area contributed by atoms with E-state index in [0.29, 0.717) is 22.0 Å². The van der Waals surface area contributed by atoms with E-state index in [-0.39, 0.29) is 24.1 Å². The number of carbonyl (C=O) groups excluding carboxylic acids is 2. The standard InChI is InChI=1S/C20H19ClN4O3/c1-22-20(27)18-17(11-25(2)24-18)23-19(26)14-6-3-5-13(9-14)12-28-16-8-4-7-15(21)10-16/h3-11H,12H2,1-2H3,(H,22,27)(H,23,26). The lowest BCUT2D eigenvalue weighted by Crippen LogP contribution is -2.21.